The largest absolute Gasteiger partial charge is 0.480 e. The smallest absolute Gasteiger partial charge is 0.326 e. The Morgan fingerprint density at radius 1 is 1.44 bits per heavy atom. The van der Waals surface area contributed by atoms with Crippen LogP contribution >= 0.6 is 0 Å². The van der Waals surface area contributed by atoms with Crippen LogP contribution in [0.4, 0.5) is 4.79 Å². The maximum Gasteiger partial charge on any atom is 0.326 e. The van der Waals surface area contributed by atoms with Crippen molar-refractivity contribution < 1.29 is 19.4 Å². The molecule has 0 aliphatic carbocycles. The molecule has 0 saturated carbocycles. The second-order valence-corrected chi connectivity index (χ2v) is 3.58. The van der Waals surface area contributed by atoms with Gasteiger partial charge < -0.3 is 20.1 Å². The Morgan fingerprint density at radius 2 is 2.00 bits per heavy atom. The highest BCUT2D eigenvalue weighted by Gasteiger charge is 2.21. The molecule has 0 rings (SSSR count). The van der Waals surface area contributed by atoms with Gasteiger partial charge in [0, 0.05) is 20.2 Å². The number of carboxylic acid groups (broad SMARTS) is 1. The summed E-state index contributed by atoms with van der Waals surface area (Å²) in [6, 6.07) is -1.26. The Morgan fingerprint density at radius 3 is 2.44 bits per heavy atom. The predicted octanol–water partition coefficient (Wildman–Crippen LogP) is 0.526. The van der Waals surface area contributed by atoms with E-state index in [1.165, 1.54) is 14.0 Å². The fourth-order valence-electron chi connectivity index (χ4n) is 1.04. The fourth-order valence-corrected chi connectivity index (χ4v) is 1.04. The number of carbonyl (C=O) groups is 2. The van der Waals surface area contributed by atoms with Crippen molar-refractivity contribution in [1.29, 1.82) is 0 Å². The molecule has 0 bridgehead atoms. The van der Waals surface area contributed by atoms with Gasteiger partial charge in [0.25, 0.3) is 0 Å². The average Bonchev–Trinajstić information content (AvgIpc) is 2.24. The Kier molecular flexibility index (Phi) is 6.48. The minimum Gasteiger partial charge on any atom is -0.480 e. The summed E-state index contributed by atoms with van der Waals surface area (Å²) in [5.41, 5.74) is 0. The lowest BCUT2D eigenvalue weighted by Crippen LogP contribution is -2.47. The molecule has 2 amide bonds. The summed E-state index contributed by atoms with van der Waals surface area (Å²) >= 11 is 0. The lowest BCUT2D eigenvalue weighted by molar-refractivity contribution is -0.141. The van der Waals surface area contributed by atoms with Crippen LogP contribution in [-0.4, -0.2) is 54.4 Å². The van der Waals surface area contributed by atoms with Crippen molar-refractivity contribution in [3.63, 3.8) is 0 Å². The van der Waals surface area contributed by atoms with Crippen molar-refractivity contribution in [3.05, 3.63) is 0 Å². The first-order valence-corrected chi connectivity index (χ1v) is 5.25. The van der Waals surface area contributed by atoms with Crippen LogP contribution in [0.5, 0.6) is 0 Å². The van der Waals surface area contributed by atoms with Gasteiger partial charge >= 0.3 is 12.0 Å². The summed E-state index contributed by atoms with van der Waals surface area (Å²) in [5.74, 6) is -1.03. The summed E-state index contributed by atoms with van der Waals surface area (Å²) in [6.07, 6.45) is -0.0810. The number of carboxylic acids is 1. The van der Waals surface area contributed by atoms with Crippen LogP contribution in [0.1, 0.15) is 20.8 Å². The number of rotatable bonds is 6. The van der Waals surface area contributed by atoms with Crippen LogP contribution in [0, 0.1) is 0 Å². The van der Waals surface area contributed by atoms with E-state index in [1.54, 1.807) is 0 Å². The molecule has 0 spiro atoms. The number of nitrogens with one attached hydrogen (secondary N) is 1. The number of hydrogen-bond acceptors (Lipinski definition) is 3. The first-order valence-electron chi connectivity index (χ1n) is 5.25. The summed E-state index contributed by atoms with van der Waals surface area (Å²) in [5, 5.41) is 11.3. The van der Waals surface area contributed by atoms with Crippen molar-refractivity contribution in [2.75, 3.05) is 20.2 Å². The molecule has 0 aromatic rings. The molecule has 0 aromatic carbocycles. The fraction of sp³-hybridized carbons (Fsp3) is 0.800. The molecule has 2 atom stereocenters. The zero-order chi connectivity index (χ0) is 12.7. The van der Waals surface area contributed by atoms with Crippen molar-refractivity contribution in [3.8, 4) is 0 Å². The normalized spacial score (nSPS) is 14.0. The van der Waals surface area contributed by atoms with E-state index >= 15 is 0 Å². The van der Waals surface area contributed by atoms with Gasteiger partial charge in [0.05, 0.1) is 6.10 Å². The third-order valence-electron chi connectivity index (χ3n) is 2.25. The summed E-state index contributed by atoms with van der Waals surface area (Å²) in [7, 11) is 1.44. The summed E-state index contributed by atoms with van der Waals surface area (Å²) < 4.78 is 5.23. The van der Waals surface area contributed by atoms with Gasteiger partial charge in [-0.25, -0.2) is 9.59 Å². The van der Waals surface area contributed by atoms with Gasteiger partial charge in [0.15, 0.2) is 0 Å². The molecular weight excluding hydrogens is 212 g/mol. The SMILES string of the molecule is CCOC(C)CNC(=O)N(C)C(C)C(=O)O. The zero-order valence-electron chi connectivity index (χ0n) is 10.2. The topological polar surface area (TPSA) is 78.9 Å². The van der Waals surface area contributed by atoms with Crippen molar-refractivity contribution in [1.82, 2.24) is 10.2 Å². The van der Waals surface area contributed by atoms with Gasteiger partial charge in [-0.2, -0.15) is 0 Å². The first-order chi connectivity index (χ1) is 7.40. The second kappa shape index (κ2) is 7.05. The van der Waals surface area contributed by atoms with Crippen LogP contribution in [0.25, 0.3) is 0 Å². The number of nitrogens with zero attached hydrogens (tertiary/aromatic N) is 1. The molecule has 6 heteroatoms. The number of likely N-dealkylation sites (N-methyl/N-ethyl adjacent to an activating group) is 1. The highest BCUT2D eigenvalue weighted by atomic mass is 16.5. The lowest BCUT2D eigenvalue weighted by Gasteiger charge is -2.22. The maximum absolute atomic E-state index is 11.5. The van der Waals surface area contributed by atoms with E-state index in [9.17, 15) is 9.59 Å². The van der Waals surface area contributed by atoms with E-state index in [0.717, 1.165) is 4.90 Å². The average molecular weight is 232 g/mol. The Hall–Kier alpha value is -1.30. The molecule has 0 fully saturated rings. The van der Waals surface area contributed by atoms with Crippen LogP contribution in [0.2, 0.25) is 0 Å². The molecule has 6 nitrogen and oxygen atoms in total. The van der Waals surface area contributed by atoms with Gasteiger partial charge in [-0.3, -0.25) is 0 Å². The van der Waals surface area contributed by atoms with E-state index in [2.05, 4.69) is 5.32 Å². The minimum absolute atomic E-state index is 0.0810. The Bertz CT molecular complexity index is 245. The molecule has 2 N–H and O–H groups in total. The number of urea groups is 1. The number of amides is 2. The minimum atomic E-state index is -1.03. The molecule has 0 aliphatic heterocycles. The maximum atomic E-state index is 11.5. The molecule has 94 valence electrons. The molecule has 0 saturated heterocycles. The van der Waals surface area contributed by atoms with Gasteiger partial charge in [-0.1, -0.05) is 0 Å². The van der Waals surface area contributed by atoms with Gasteiger partial charge in [0.2, 0.25) is 0 Å². The molecule has 2 unspecified atom stereocenters. The van der Waals surface area contributed by atoms with E-state index in [4.69, 9.17) is 9.84 Å². The van der Waals surface area contributed by atoms with Gasteiger partial charge in [0.1, 0.15) is 6.04 Å². The quantitative estimate of drug-likeness (QED) is 0.700. The highest BCUT2D eigenvalue weighted by molar-refractivity contribution is 5.82. The van der Waals surface area contributed by atoms with Crippen LogP contribution in [0.3, 0.4) is 0 Å². The number of hydrogen-bond donors (Lipinski definition) is 2. The first kappa shape index (κ1) is 14.7. The molecule has 0 radical (unpaired) electrons. The summed E-state index contributed by atoms with van der Waals surface area (Å²) in [6.45, 7) is 6.11. The van der Waals surface area contributed by atoms with Crippen molar-refractivity contribution >= 4 is 12.0 Å². The third kappa shape index (κ3) is 4.97. The van der Waals surface area contributed by atoms with E-state index in [0.29, 0.717) is 13.2 Å². The molecule has 0 aromatic heterocycles. The summed E-state index contributed by atoms with van der Waals surface area (Å²) in [4.78, 5) is 23.3. The zero-order valence-corrected chi connectivity index (χ0v) is 10.2. The standard InChI is InChI=1S/C10H20N2O4/c1-5-16-7(2)6-11-10(15)12(4)8(3)9(13)14/h7-8H,5-6H2,1-4H3,(H,11,15)(H,13,14). The van der Waals surface area contributed by atoms with E-state index < -0.39 is 18.0 Å². The molecular formula is C10H20N2O4. The molecule has 0 aliphatic rings. The highest BCUT2D eigenvalue weighted by Crippen LogP contribution is 1.96. The molecule has 16 heavy (non-hydrogen) atoms. The van der Waals surface area contributed by atoms with Crippen molar-refractivity contribution in [2.45, 2.75) is 32.9 Å². The number of aliphatic carboxylic acids is 1. The number of ether oxygens (including phenoxy) is 1. The van der Waals surface area contributed by atoms with Gasteiger partial charge in [-0.15, -0.1) is 0 Å². The van der Waals surface area contributed by atoms with Crippen LogP contribution in [0.15, 0.2) is 0 Å². The lowest BCUT2D eigenvalue weighted by atomic mass is 10.3. The van der Waals surface area contributed by atoms with E-state index in [-0.39, 0.29) is 6.10 Å². The predicted molar refractivity (Wildman–Crippen MR) is 59.3 cm³/mol. The monoisotopic (exact) mass is 232 g/mol. The molecule has 0 heterocycles. The Labute approximate surface area is 95.6 Å². The van der Waals surface area contributed by atoms with E-state index in [1.807, 2.05) is 13.8 Å². The van der Waals surface area contributed by atoms with Gasteiger partial charge in [-0.05, 0) is 20.8 Å². The number of carbonyl (C=O) groups excluding carboxylic acids is 1. The third-order valence-corrected chi connectivity index (χ3v) is 2.25. The second-order valence-electron chi connectivity index (χ2n) is 3.58. The van der Waals surface area contributed by atoms with Crippen molar-refractivity contribution in [2.24, 2.45) is 0 Å². The van der Waals surface area contributed by atoms with Crippen LogP contribution in [-0.2, 0) is 9.53 Å². The Balaban J connectivity index is 4.01. The van der Waals surface area contributed by atoms with Crippen LogP contribution < -0.4 is 5.32 Å².